The van der Waals surface area contributed by atoms with E-state index in [1.807, 2.05) is 0 Å². The van der Waals surface area contributed by atoms with Crippen molar-refractivity contribution in [1.82, 2.24) is 0 Å². The minimum atomic E-state index is -0.957. The Kier molecular flexibility index (Phi) is 42.2. The summed E-state index contributed by atoms with van der Waals surface area (Å²) in [5.74, 6) is 1.27. The van der Waals surface area contributed by atoms with Crippen LogP contribution in [0, 0.1) is 11.8 Å². The largest absolute Gasteiger partial charge is 0.463 e. The molecule has 0 aliphatic heterocycles. The highest BCUT2D eigenvalue weighted by molar-refractivity contribution is 5.69. The molecule has 2 unspecified atom stereocenters. The molecular formula is C49H96O5. The van der Waals surface area contributed by atoms with Crippen molar-refractivity contribution in [3.05, 3.63) is 0 Å². The van der Waals surface area contributed by atoms with Crippen molar-refractivity contribution in [2.75, 3.05) is 13.2 Å². The third kappa shape index (κ3) is 42.1. The van der Waals surface area contributed by atoms with Gasteiger partial charge in [0.05, 0.1) is 0 Å². The van der Waals surface area contributed by atoms with Gasteiger partial charge in [0.2, 0.25) is 0 Å². The molecule has 0 spiro atoms. The minimum absolute atomic E-state index is 0.108. The molecule has 54 heavy (non-hydrogen) atoms. The Morgan fingerprint density at radius 3 is 0.796 bits per heavy atom. The standard InChI is InChI=1S/C49H96O5/c1-5-45(3)39-35-31-27-23-19-15-11-9-7-8-10-12-17-21-25-29-33-37-41-48(51)53-43-47(50)44-54-49(52)42-38-34-30-26-22-18-14-13-16-20-24-28-32-36-40-46(4)6-2/h45-47,50H,5-44H2,1-4H3/t45?,46?,47-/m1/s1. The molecule has 322 valence electrons. The number of hydrogen-bond acceptors (Lipinski definition) is 5. The van der Waals surface area contributed by atoms with E-state index in [2.05, 4.69) is 27.7 Å². The molecule has 0 radical (unpaired) electrons. The van der Waals surface area contributed by atoms with Crippen LogP contribution >= 0.6 is 0 Å². The van der Waals surface area contributed by atoms with E-state index in [4.69, 9.17) is 9.47 Å². The van der Waals surface area contributed by atoms with Crippen molar-refractivity contribution in [2.45, 2.75) is 278 Å². The number of hydrogen-bond donors (Lipinski definition) is 1. The molecule has 5 heteroatoms. The molecule has 0 amide bonds. The van der Waals surface area contributed by atoms with Crippen LogP contribution in [0.4, 0.5) is 0 Å². The Morgan fingerprint density at radius 1 is 0.370 bits per heavy atom. The van der Waals surface area contributed by atoms with Gasteiger partial charge in [0.1, 0.15) is 19.3 Å². The van der Waals surface area contributed by atoms with Crippen molar-refractivity contribution in [3.63, 3.8) is 0 Å². The van der Waals surface area contributed by atoms with Gasteiger partial charge in [0.15, 0.2) is 0 Å². The highest BCUT2D eigenvalue weighted by atomic mass is 16.6. The lowest BCUT2D eigenvalue weighted by Gasteiger charge is -2.12. The summed E-state index contributed by atoms with van der Waals surface area (Å²) in [7, 11) is 0. The first-order valence-corrected chi connectivity index (χ1v) is 24.4. The van der Waals surface area contributed by atoms with Gasteiger partial charge in [-0.25, -0.2) is 0 Å². The summed E-state index contributed by atoms with van der Waals surface area (Å²) in [5.41, 5.74) is 0. The van der Waals surface area contributed by atoms with Gasteiger partial charge < -0.3 is 14.6 Å². The maximum Gasteiger partial charge on any atom is 0.305 e. The Hall–Kier alpha value is -1.10. The minimum Gasteiger partial charge on any atom is -0.463 e. The molecule has 0 aromatic rings. The van der Waals surface area contributed by atoms with E-state index in [1.54, 1.807) is 0 Å². The smallest absolute Gasteiger partial charge is 0.305 e. The first-order chi connectivity index (χ1) is 26.4. The lowest BCUT2D eigenvalue weighted by molar-refractivity contribution is -0.152. The molecule has 0 aromatic heterocycles. The molecule has 0 aliphatic carbocycles. The first kappa shape index (κ1) is 52.9. The van der Waals surface area contributed by atoms with Crippen LogP contribution in [0.3, 0.4) is 0 Å². The second kappa shape index (κ2) is 43.0. The number of aliphatic hydroxyl groups excluding tert-OH is 1. The average Bonchev–Trinajstić information content (AvgIpc) is 3.17. The van der Waals surface area contributed by atoms with Crippen LogP contribution in [0.15, 0.2) is 0 Å². The van der Waals surface area contributed by atoms with Crippen molar-refractivity contribution in [3.8, 4) is 0 Å². The summed E-state index contributed by atoms with van der Waals surface area (Å²) in [6, 6.07) is 0. The number of ether oxygens (including phenoxy) is 2. The van der Waals surface area contributed by atoms with Gasteiger partial charge in [0, 0.05) is 12.8 Å². The third-order valence-electron chi connectivity index (χ3n) is 11.9. The number of unbranched alkanes of at least 4 members (excludes halogenated alkanes) is 30. The lowest BCUT2D eigenvalue weighted by atomic mass is 9.99. The molecule has 0 bridgehead atoms. The van der Waals surface area contributed by atoms with E-state index in [1.165, 1.54) is 205 Å². The number of carbonyl (C=O) groups is 2. The maximum absolute atomic E-state index is 12.0. The van der Waals surface area contributed by atoms with Crippen LogP contribution in [-0.2, 0) is 19.1 Å². The monoisotopic (exact) mass is 765 g/mol. The Balaban J connectivity index is 3.35. The van der Waals surface area contributed by atoms with Gasteiger partial charge >= 0.3 is 11.9 Å². The van der Waals surface area contributed by atoms with Crippen molar-refractivity contribution in [1.29, 1.82) is 0 Å². The van der Waals surface area contributed by atoms with Crippen LogP contribution in [0.1, 0.15) is 272 Å². The summed E-state index contributed by atoms with van der Waals surface area (Å²) in [6.45, 7) is 9.14. The average molecular weight is 765 g/mol. The molecule has 1 N–H and O–H groups in total. The molecular weight excluding hydrogens is 669 g/mol. The lowest BCUT2D eigenvalue weighted by Crippen LogP contribution is -2.25. The van der Waals surface area contributed by atoms with Crippen molar-refractivity contribution in [2.24, 2.45) is 11.8 Å². The Labute approximate surface area is 338 Å². The van der Waals surface area contributed by atoms with E-state index < -0.39 is 6.10 Å². The van der Waals surface area contributed by atoms with Gasteiger partial charge in [-0.05, 0) is 24.7 Å². The molecule has 0 fully saturated rings. The summed E-state index contributed by atoms with van der Waals surface area (Å²) in [4.78, 5) is 24.1. The predicted octanol–water partition coefficient (Wildman–Crippen LogP) is 15.6. The molecule has 0 rings (SSSR count). The molecule has 0 aliphatic rings. The quantitative estimate of drug-likeness (QED) is 0.0494. The second-order valence-electron chi connectivity index (χ2n) is 17.4. The number of aliphatic hydroxyl groups is 1. The zero-order chi connectivity index (χ0) is 39.6. The predicted molar refractivity (Wildman–Crippen MR) is 233 cm³/mol. The molecule has 0 aromatic carbocycles. The highest BCUT2D eigenvalue weighted by Crippen LogP contribution is 2.18. The number of esters is 2. The Morgan fingerprint density at radius 2 is 0.574 bits per heavy atom. The van der Waals surface area contributed by atoms with E-state index in [-0.39, 0.29) is 25.2 Å². The van der Waals surface area contributed by atoms with Crippen LogP contribution in [-0.4, -0.2) is 36.4 Å². The van der Waals surface area contributed by atoms with Crippen LogP contribution < -0.4 is 0 Å². The first-order valence-electron chi connectivity index (χ1n) is 24.4. The van der Waals surface area contributed by atoms with Gasteiger partial charge in [-0.3, -0.25) is 9.59 Å². The molecule has 3 atom stereocenters. The summed E-state index contributed by atoms with van der Waals surface area (Å²) in [6.07, 6.45) is 47.4. The van der Waals surface area contributed by atoms with Crippen molar-refractivity contribution >= 4 is 11.9 Å². The van der Waals surface area contributed by atoms with Crippen LogP contribution in [0.25, 0.3) is 0 Å². The normalized spacial score (nSPS) is 13.2. The molecule has 0 heterocycles. The zero-order valence-electron chi connectivity index (χ0n) is 37.1. The third-order valence-corrected chi connectivity index (χ3v) is 11.9. The van der Waals surface area contributed by atoms with E-state index >= 15 is 0 Å². The fourth-order valence-corrected chi connectivity index (χ4v) is 7.45. The van der Waals surface area contributed by atoms with Gasteiger partial charge in [-0.15, -0.1) is 0 Å². The maximum atomic E-state index is 12.0. The van der Waals surface area contributed by atoms with Crippen LogP contribution in [0.2, 0.25) is 0 Å². The van der Waals surface area contributed by atoms with E-state index in [9.17, 15) is 14.7 Å². The number of rotatable bonds is 44. The highest BCUT2D eigenvalue weighted by Gasteiger charge is 2.12. The summed E-state index contributed by atoms with van der Waals surface area (Å²) < 4.78 is 10.4. The number of carbonyl (C=O) groups excluding carboxylic acids is 2. The SMILES string of the molecule is CCC(C)CCCCCCCCCCCCCCCCCCCCC(=O)OC[C@@H](O)COC(=O)CCCCCCCCCCCCCCCCC(C)CC. The van der Waals surface area contributed by atoms with Crippen molar-refractivity contribution < 1.29 is 24.2 Å². The van der Waals surface area contributed by atoms with E-state index in [0.717, 1.165) is 37.5 Å². The van der Waals surface area contributed by atoms with Gasteiger partial charge in [-0.2, -0.15) is 0 Å². The zero-order valence-corrected chi connectivity index (χ0v) is 37.1. The van der Waals surface area contributed by atoms with Crippen LogP contribution in [0.5, 0.6) is 0 Å². The van der Waals surface area contributed by atoms with E-state index in [0.29, 0.717) is 12.8 Å². The summed E-state index contributed by atoms with van der Waals surface area (Å²) in [5, 5.41) is 10.1. The molecule has 0 saturated carbocycles. The van der Waals surface area contributed by atoms with Gasteiger partial charge in [0.25, 0.3) is 0 Å². The fourth-order valence-electron chi connectivity index (χ4n) is 7.45. The topological polar surface area (TPSA) is 72.8 Å². The molecule has 5 nitrogen and oxygen atoms in total. The summed E-state index contributed by atoms with van der Waals surface area (Å²) >= 11 is 0. The second-order valence-corrected chi connectivity index (χ2v) is 17.4. The van der Waals surface area contributed by atoms with Gasteiger partial charge in [-0.1, -0.05) is 246 Å². The molecule has 0 saturated heterocycles. The Bertz CT molecular complexity index is 769. The fraction of sp³-hybridized carbons (Fsp3) is 0.959.